The summed E-state index contributed by atoms with van der Waals surface area (Å²) in [4.78, 5) is 14.1. The minimum atomic E-state index is -0.534. The summed E-state index contributed by atoms with van der Waals surface area (Å²) in [6, 6.07) is 6.87. The zero-order chi connectivity index (χ0) is 13.4. The fourth-order valence-electron chi connectivity index (χ4n) is 1.51. The monoisotopic (exact) mass is 311 g/mol. The van der Waals surface area contributed by atoms with Crippen molar-refractivity contribution in [2.24, 2.45) is 10.8 Å². The number of hydrogen-bond donors (Lipinski definition) is 2. The number of primary amides is 1. The third-order valence-corrected chi connectivity index (χ3v) is 2.81. The fraction of sp³-hybridized carbons (Fsp3) is 0.364. The minimum Gasteiger partial charge on any atom is -0.368 e. The highest BCUT2D eigenvalue weighted by Crippen LogP contribution is 2.18. The van der Waals surface area contributed by atoms with Crippen molar-refractivity contribution in [3.63, 3.8) is 0 Å². The Kier molecular flexibility index (Phi) is 6.21. The van der Waals surface area contributed by atoms with E-state index in [9.17, 15) is 4.79 Å². The van der Waals surface area contributed by atoms with Crippen molar-refractivity contribution in [3.05, 3.63) is 44.7 Å². The quantitative estimate of drug-likeness (QED) is 0.349. The zero-order valence-electron chi connectivity index (χ0n) is 9.71. The first-order valence-corrected chi connectivity index (χ1v) is 6.23. The molecule has 0 fully saturated rings. The molecule has 1 atom stereocenters. The van der Waals surface area contributed by atoms with Crippen LogP contribution in [0.5, 0.6) is 0 Å². The lowest BCUT2D eigenvalue weighted by atomic mass is 10.1. The molecule has 1 amide bonds. The van der Waals surface area contributed by atoms with E-state index in [0.29, 0.717) is 19.5 Å². The molecule has 0 aliphatic heterocycles. The van der Waals surface area contributed by atoms with Crippen LogP contribution in [0.25, 0.3) is 10.4 Å². The Morgan fingerprint density at radius 1 is 1.61 bits per heavy atom. The second-order valence-corrected chi connectivity index (χ2v) is 4.57. The summed E-state index contributed by atoms with van der Waals surface area (Å²) in [5.74, 6) is -0.433. The van der Waals surface area contributed by atoms with Gasteiger partial charge in [-0.1, -0.05) is 33.2 Å². The van der Waals surface area contributed by atoms with Gasteiger partial charge in [0.2, 0.25) is 5.91 Å². The van der Waals surface area contributed by atoms with E-state index in [1.807, 2.05) is 24.3 Å². The van der Waals surface area contributed by atoms with E-state index in [2.05, 4.69) is 31.3 Å². The Morgan fingerprint density at radius 3 is 3.00 bits per heavy atom. The maximum Gasteiger partial charge on any atom is 0.239 e. The van der Waals surface area contributed by atoms with Gasteiger partial charge in [0.25, 0.3) is 0 Å². The fourth-order valence-corrected chi connectivity index (χ4v) is 1.93. The van der Waals surface area contributed by atoms with Crippen molar-refractivity contribution in [2.45, 2.75) is 12.5 Å². The van der Waals surface area contributed by atoms with Crippen LogP contribution in [0.2, 0.25) is 0 Å². The number of nitrogens with zero attached hydrogens (tertiary/aromatic N) is 3. The van der Waals surface area contributed by atoms with Crippen LogP contribution in [-0.4, -0.2) is 19.0 Å². The molecule has 0 heterocycles. The molecule has 1 aromatic carbocycles. The smallest absolute Gasteiger partial charge is 0.239 e. The molecule has 1 rings (SSSR count). The molecule has 0 radical (unpaired) electrons. The summed E-state index contributed by atoms with van der Waals surface area (Å²) >= 11 is 3.35. The third-order valence-electron chi connectivity index (χ3n) is 2.31. The standard InChI is InChI=1S/C11H14BrN5O/c12-9-4-1-3-8(7-9)10(11(13)18)15-5-2-6-16-17-14/h1,3-4,7,10,15H,2,5-6H2,(H2,13,18). The van der Waals surface area contributed by atoms with E-state index in [0.717, 1.165) is 10.0 Å². The maximum atomic E-state index is 11.4. The number of nitrogens with one attached hydrogen (secondary N) is 1. The van der Waals surface area contributed by atoms with Crippen molar-refractivity contribution in [3.8, 4) is 0 Å². The van der Waals surface area contributed by atoms with Gasteiger partial charge < -0.3 is 11.1 Å². The summed E-state index contributed by atoms with van der Waals surface area (Å²) in [7, 11) is 0. The Morgan fingerprint density at radius 2 is 2.39 bits per heavy atom. The molecule has 7 heteroatoms. The number of nitrogens with two attached hydrogens (primary N) is 1. The number of carbonyl (C=O) groups excluding carboxylic acids is 1. The predicted molar refractivity (Wildman–Crippen MR) is 72.7 cm³/mol. The molecule has 0 bridgehead atoms. The van der Waals surface area contributed by atoms with E-state index in [4.69, 9.17) is 11.3 Å². The van der Waals surface area contributed by atoms with Crippen LogP contribution in [0.1, 0.15) is 18.0 Å². The molecule has 3 N–H and O–H groups in total. The average Bonchev–Trinajstić information content (AvgIpc) is 2.33. The zero-order valence-corrected chi connectivity index (χ0v) is 11.3. The molecular weight excluding hydrogens is 298 g/mol. The van der Waals surface area contributed by atoms with E-state index in [1.54, 1.807) is 0 Å². The summed E-state index contributed by atoms with van der Waals surface area (Å²) in [5, 5.41) is 6.46. The minimum absolute atomic E-state index is 0.396. The number of hydrogen-bond acceptors (Lipinski definition) is 3. The van der Waals surface area contributed by atoms with Gasteiger partial charge in [0, 0.05) is 15.9 Å². The SMILES string of the molecule is [N-]=[N+]=NCCCNC(C(N)=O)c1cccc(Br)c1. The van der Waals surface area contributed by atoms with E-state index in [1.165, 1.54) is 0 Å². The number of halogens is 1. The first-order chi connectivity index (χ1) is 8.65. The molecular formula is C11H14BrN5O. The van der Waals surface area contributed by atoms with Crippen molar-refractivity contribution in [1.82, 2.24) is 5.32 Å². The van der Waals surface area contributed by atoms with Crippen LogP contribution in [0.4, 0.5) is 0 Å². The highest BCUT2D eigenvalue weighted by atomic mass is 79.9. The highest BCUT2D eigenvalue weighted by Gasteiger charge is 2.16. The molecule has 6 nitrogen and oxygen atoms in total. The largest absolute Gasteiger partial charge is 0.368 e. The predicted octanol–water partition coefficient (Wildman–Crippen LogP) is 2.27. The lowest BCUT2D eigenvalue weighted by molar-refractivity contribution is -0.120. The second-order valence-electron chi connectivity index (χ2n) is 3.65. The Balaban J connectivity index is 2.60. The van der Waals surface area contributed by atoms with E-state index < -0.39 is 11.9 Å². The molecule has 0 saturated carbocycles. The van der Waals surface area contributed by atoms with Gasteiger partial charge in [0.15, 0.2) is 0 Å². The highest BCUT2D eigenvalue weighted by molar-refractivity contribution is 9.10. The lowest BCUT2D eigenvalue weighted by Crippen LogP contribution is -2.34. The van der Waals surface area contributed by atoms with Crippen molar-refractivity contribution in [2.75, 3.05) is 13.1 Å². The first-order valence-electron chi connectivity index (χ1n) is 5.44. The number of benzene rings is 1. The summed E-state index contributed by atoms with van der Waals surface area (Å²) in [6.45, 7) is 0.951. The van der Waals surface area contributed by atoms with Crippen molar-refractivity contribution < 1.29 is 4.79 Å². The summed E-state index contributed by atoms with van der Waals surface area (Å²) < 4.78 is 0.891. The van der Waals surface area contributed by atoms with Crippen LogP contribution in [0.3, 0.4) is 0 Å². The molecule has 0 aliphatic rings. The molecule has 0 saturated heterocycles. The van der Waals surface area contributed by atoms with Gasteiger partial charge in [0.05, 0.1) is 0 Å². The van der Waals surface area contributed by atoms with Crippen LogP contribution in [0.15, 0.2) is 33.9 Å². The van der Waals surface area contributed by atoms with Gasteiger partial charge in [-0.15, -0.1) is 0 Å². The van der Waals surface area contributed by atoms with Gasteiger partial charge in [-0.2, -0.15) is 0 Å². The lowest BCUT2D eigenvalue weighted by Gasteiger charge is -2.15. The van der Waals surface area contributed by atoms with Crippen LogP contribution in [0, 0.1) is 0 Å². The molecule has 1 aromatic rings. The molecule has 0 aromatic heterocycles. The number of amides is 1. The summed E-state index contributed by atoms with van der Waals surface area (Å²) in [6.07, 6.45) is 0.655. The Bertz CT molecular complexity index is 459. The van der Waals surface area contributed by atoms with Crippen LogP contribution < -0.4 is 11.1 Å². The molecule has 1 unspecified atom stereocenters. The molecule has 0 aliphatic carbocycles. The Hall–Kier alpha value is -1.56. The molecule has 0 spiro atoms. The number of azide groups is 1. The second kappa shape index (κ2) is 7.71. The van der Waals surface area contributed by atoms with E-state index >= 15 is 0 Å². The third kappa shape index (κ3) is 4.75. The van der Waals surface area contributed by atoms with Crippen LogP contribution in [-0.2, 0) is 4.79 Å². The summed E-state index contributed by atoms with van der Waals surface area (Å²) in [5.41, 5.74) is 14.3. The van der Waals surface area contributed by atoms with Gasteiger partial charge in [-0.05, 0) is 36.2 Å². The van der Waals surface area contributed by atoms with E-state index in [-0.39, 0.29) is 0 Å². The number of rotatable bonds is 7. The van der Waals surface area contributed by atoms with Gasteiger partial charge in [0.1, 0.15) is 6.04 Å². The number of carbonyl (C=O) groups is 1. The van der Waals surface area contributed by atoms with Gasteiger partial charge >= 0.3 is 0 Å². The van der Waals surface area contributed by atoms with Gasteiger partial charge in [-0.25, -0.2) is 0 Å². The molecule has 18 heavy (non-hydrogen) atoms. The molecule has 96 valence electrons. The normalized spacial score (nSPS) is 11.6. The maximum absolute atomic E-state index is 11.4. The Labute approximate surface area is 113 Å². The van der Waals surface area contributed by atoms with Crippen LogP contribution >= 0.6 is 15.9 Å². The van der Waals surface area contributed by atoms with Crippen molar-refractivity contribution in [1.29, 1.82) is 0 Å². The first kappa shape index (κ1) is 14.5. The average molecular weight is 312 g/mol. The van der Waals surface area contributed by atoms with Crippen molar-refractivity contribution >= 4 is 21.8 Å². The van der Waals surface area contributed by atoms with Gasteiger partial charge in [-0.3, -0.25) is 4.79 Å². The topological polar surface area (TPSA) is 104 Å².